The van der Waals surface area contributed by atoms with Crippen LogP contribution in [0, 0.1) is 22.7 Å². The lowest BCUT2D eigenvalue weighted by Gasteiger charge is -2.07. The first kappa shape index (κ1) is 6.07. The second kappa shape index (κ2) is 2.05. The Balaban J connectivity index is 2.74. The van der Waals surface area contributed by atoms with Crippen LogP contribution in [0.1, 0.15) is 12.8 Å². The largest absolute Gasteiger partial charge is 0.288 e. The van der Waals surface area contributed by atoms with Crippen LogP contribution in [-0.2, 0) is 0 Å². The molecule has 0 aromatic rings. The third kappa shape index (κ3) is 0.872. The van der Waals surface area contributed by atoms with Crippen LogP contribution in [0.25, 0.3) is 0 Å². The molecule has 0 aromatic carbocycles. The van der Waals surface area contributed by atoms with Gasteiger partial charge < -0.3 is 0 Å². The molecule has 0 aromatic heterocycles. The zero-order chi connectivity index (χ0) is 6.74. The van der Waals surface area contributed by atoms with E-state index in [9.17, 15) is 0 Å². The van der Waals surface area contributed by atoms with Gasteiger partial charge in [0, 0.05) is 0 Å². The number of rotatable bonds is 0. The van der Waals surface area contributed by atoms with Crippen molar-refractivity contribution in [3.63, 3.8) is 0 Å². The molecule has 0 saturated carbocycles. The van der Waals surface area contributed by atoms with Crippen molar-refractivity contribution in [3.8, 4) is 12.1 Å². The van der Waals surface area contributed by atoms with E-state index in [0.717, 1.165) is 13.0 Å². The van der Waals surface area contributed by atoms with Crippen molar-refractivity contribution in [2.45, 2.75) is 18.4 Å². The molecule has 0 atom stereocenters. The fourth-order valence-electron chi connectivity index (χ4n) is 0.960. The summed E-state index contributed by atoms with van der Waals surface area (Å²) in [4.78, 5) is 0. The third-order valence-electron chi connectivity index (χ3n) is 1.54. The highest BCUT2D eigenvalue weighted by molar-refractivity contribution is 5.23. The van der Waals surface area contributed by atoms with Crippen LogP contribution in [0.3, 0.4) is 0 Å². The molecule has 1 fully saturated rings. The van der Waals surface area contributed by atoms with Crippen molar-refractivity contribution >= 4 is 0 Å². The Hall–Kier alpha value is -1.06. The second-order valence-electron chi connectivity index (χ2n) is 2.16. The monoisotopic (exact) mass is 121 g/mol. The quantitative estimate of drug-likeness (QED) is 0.496. The molecule has 9 heavy (non-hydrogen) atoms. The fraction of sp³-hybridized carbons (Fsp3) is 0.667. The third-order valence-corrected chi connectivity index (χ3v) is 1.54. The molecule has 0 unspecified atom stereocenters. The van der Waals surface area contributed by atoms with Gasteiger partial charge in [0.1, 0.15) is 12.1 Å². The molecule has 0 spiro atoms. The molecular weight excluding hydrogens is 114 g/mol. The van der Waals surface area contributed by atoms with Crippen molar-refractivity contribution in [1.29, 1.82) is 10.5 Å². The summed E-state index contributed by atoms with van der Waals surface area (Å²) in [5.41, 5.74) is -0.861. The van der Waals surface area contributed by atoms with Crippen molar-refractivity contribution in [1.82, 2.24) is 5.32 Å². The maximum atomic E-state index is 8.48. The summed E-state index contributed by atoms with van der Waals surface area (Å²) in [5.74, 6) is 0. The number of nitriles is 2. The Morgan fingerprint density at radius 2 is 2.00 bits per heavy atom. The Bertz CT molecular complexity index is 161. The first-order valence-corrected chi connectivity index (χ1v) is 2.90. The minimum Gasteiger partial charge on any atom is -0.288 e. The van der Waals surface area contributed by atoms with Gasteiger partial charge in [-0.1, -0.05) is 0 Å². The number of hydrogen-bond donors (Lipinski definition) is 1. The van der Waals surface area contributed by atoms with E-state index in [0.29, 0.717) is 6.42 Å². The molecule has 0 aliphatic carbocycles. The SMILES string of the molecule is N#CC1(C#N)CCCN1. The van der Waals surface area contributed by atoms with Gasteiger partial charge in [-0.2, -0.15) is 10.5 Å². The predicted octanol–water partition coefficient (Wildman–Crippen LogP) is 0.156. The van der Waals surface area contributed by atoms with Crippen LogP contribution in [0.4, 0.5) is 0 Å². The normalized spacial score (nSPS) is 22.4. The molecule has 3 nitrogen and oxygen atoms in total. The second-order valence-corrected chi connectivity index (χ2v) is 2.16. The standard InChI is InChI=1S/C6H7N3/c7-4-6(5-8)2-1-3-9-6/h9H,1-3H2. The zero-order valence-corrected chi connectivity index (χ0v) is 5.02. The highest BCUT2D eigenvalue weighted by atomic mass is 15.0. The Kier molecular flexibility index (Phi) is 1.38. The molecule has 1 aliphatic rings. The molecule has 3 heteroatoms. The van der Waals surface area contributed by atoms with Crippen molar-refractivity contribution in [3.05, 3.63) is 0 Å². The van der Waals surface area contributed by atoms with Crippen LogP contribution in [0.15, 0.2) is 0 Å². The Morgan fingerprint density at radius 3 is 2.22 bits per heavy atom. The lowest BCUT2D eigenvalue weighted by Crippen LogP contribution is -2.35. The molecule has 0 bridgehead atoms. The van der Waals surface area contributed by atoms with Crippen LogP contribution in [0.5, 0.6) is 0 Å². The van der Waals surface area contributed by atoms with Crippen LogP contribution in [0.2, 0.25) is 0 Å². The fourth-order valence-corrected chi connectivity index (χ4v) is 0.960. The molecule has 0 amide bonds. The maximum absolute atomic E-state index is 8.48. The van der Waals surface area contributed by atoms with Crippen molar-refractivity contribution in [2.75, 3.05) is 6.54 Å². The van der Waals surface area contributed by atoms with E-state index >= 15 is 0 Å². The highest BCUT2D eigenvalue weighted by Crippen LogP contribution is 2.16. The van der Waals surface area contributed by atoms with Crippen molar-refractivity contribution in [2.24, 2.45) is 0 Å². The van der Waals surface area contributed by atoms with Gasteiger partial charge in [-0.15, -0.1) is 0 Å². The molecule has 0 radical (unpaired) electrons. The summed E-state index contributed by atoms with van der Waals surface area (Å²) >= 11 is 0. The van der Waals surface area contributed by atoms with Gasteiger partial charge in [0.2, 0.25) is 0 Å². The first-order chi connectivity index (χ1) is 4.33. The summed E-state index contributed by atoms with van der Waals surface area (Å²) in [7, 11) is 0. The van der Waals surface area contributed by atoms with Crippen LogP contribution < -0.4 is 5.32 Å². The van der Waals surface area contributed by atoms with Gasteiger partial charge in [-0.3, -0.25) is 5.32 Å². The predicted molar refractivity (Wildman–Crippen MR) is 31.2 cm³/mol. The van der Waals surface area contributed by atoms with E-state index in [2.05, 4.69) is 5.32 Å². The van der Waals surface area contributed by atoms with Gasteiger partial charge in [-0.25, -0.2) is 0 Å². The lowest BCUT2D eigenvalue weighted by molar-refractivity contribution is 0.609. The van der Waals surface area contributed by atoms with Gasteiger partial charge in [0.05, 0.1) is 0 Å². The van der Waals surface area contributed by atoms with E-state index in [1.54, 1.807) is 0 Å². The lowest BCUT2D eigenvalue weighted by atomic mass is 10.0. The summed E-state index contributed by atoms with van der Waals surface area (Å²) in [5, 5.41) is 19.8. The summed E-state index contributed by atoms with van der Waals surface area (Å²) in [6.07, 6.45) is 1.60. The molecule has 1 heterocycles. The Labute approximate surface area is 53.9 Å². The molecule has 46 valence electrons. The van der Waals surface area contributed by atoms with Gasteiger partial charge in [-0.05, 0) is 19.4 Å². The molecule has 1 N–H and O–H groups in total. The van der Waals surface area contributed by atoms with Crippen LogP contribution in [-0.4, -0.2) is 12.1 Å². The molecular formula is C6H7N3. The summed E-state index contributed by atoms with van der Waals surface area (Å²) in [6, 6.07) is 3.91. The van der Waals surface area contributed by atoms with E-state index in [1.807, 2.05) is 12.1 Å². The topological polar surface area (TPSA) is 59.6 Å². The average Bonchev–Trinajstić information content (AvgIpc) is 2.36. The van der Waals surface area contributed by atoms with Gasteiger partial charge >= 0.3 is 0 Å². The van der Waals surface area contributed by atoms with Gasteiger partial charge in [0.25, 0.3) is 0 Å². The molecule has 1 saturated heterocycles. The first-order valence-electron chi connectivity index (χ1n) is 2.90. The van der Waals surface area contributed by atoms with Crippen molar-refractivity contribution < 1.29 is 0 Å². The average molecular weight is 121 g/mol. The number of hydrogen-bond acceptors (Lipinski definition) is 3. The van der Waals surface area contributed by atoms with E-state index in [4.69, 9.17) is 10.5 Å². The molecule has 1 aliphatic heterocycles. The smallest absolute Gasteiger partial charge is 0.194 e. The number of nitrogens with zero attached hydrogens (tertiary/aromatic N) is 2. The highest BCUT2D eigenvalue weighted by Gasteiger charge is 2.32. The number of nitrogens with one attached hydrogen (secondary N) is 1. The Morgan fingerprint density at radius 1 is 1.33 bits per heavy atom. The van der Waals surface area contributed by atoms with E-state index < -0.39 is 5.54 Å². The van der Waals surface area contributed by atoms with E-state index in [-0.39, 0.29) is 0 Å². The zero-order valence-electron chi connectivity index (χ0n) is 5.02. The van der Waals surface area contributed by atoms with Gasteiger partial charge in [0.15, 0.2) is 5.54 Å². The maximum Gasteiger partial charge on any atom is 0.194 e. The van der Waals surface area contributed by atoms with E-state index in [1.165, 1.54) is 0 Å². The minimum absolute atomic E-state index is 0.667. The van der Waals surface area contributed by atoms with Crippen LogP contribution >= 0.6 is 0 Å². The summed E-state index contributed by atoms with van der Waals surface area (Å²) < 4.78 is 0. The minimum atomic E-state index is -0.861. The summed E-state index contributed by atoms with van der Waals surface area (Å²) in [6.45, 7) is 0.793. The molecule has 1 rings (SSSR count).